The van der Waals surface area contributed by atoms with E-state index in [1.165, 1.54) is 17.2 Å². The number of hydrogen-bond donors (Lipinski definition) is 0. The monoisotopic (exact) mass is 240 g/mol. The van der Waals surface area contributed by atoms with Crippen molar-refractivity contribution in [3.63, 3.8) is 0 Å². The standard InChI is InChI=1S/C16H17P/c1-3-12(2)17-15-10-6-4-8-13(15)14-9-5-7-11-16(14)17/h4-12H,3H2,1-2H3. The molecule has 86 valence electrons. The molecule has 1 heteroatoms. The van der Waals surface area contributed by atoms with Gasteiger partial charge in [-0.15, -0.1) is 7.53 Å². The summed E-state index contributed by atoms with van der Waals surface area (Å²) >= 11 is 0. The van der Waals surface area contributed by atoms with E-state index in [0.717, 1.165) is 5.66 Å². The van der Waals surface area contributed by atoms with Gasteiger partial charge in [0.2, 0.25) is 0 Å². The third-order valence-corrected chi connectivity index (χ3v) is 6.71. The molecule has 0 spiro atoms. The molecule has 3 rings (SSSR count). The summed E-state index contributed by atoms with van der Waals surface area (Å²) in [6, 6.07) is 17.9. The van der Waals surface area contributed by atoms with E-state index in [1.54, 1.807) is 10.2 Å². The summed E-state index contributed by atoms with van der Waals surface area (Å²) in [4.78, 5) is 0. The zero-order valence-electron chi connectivity index (χ0n) is 10.4. The summed E-state index contributed by atoms with van der Waals surface area (Å²) in [5.41, 5.74) is 0.773. The molecule has 2 aromatic carbocycles. The second-order valence-electron chi connectivity index (χ2n) is 4.66. The average Bonchev–Trinajstić information content (AvgIpc) is 2.72. The van der Waals surface area contributed by atoms with Crippen molar-refractivity contribution >= 4 is 28.5 Å². The highest BCUT2D eigenvalue weighted by molar-refractivity contribution is 7.61. The first-order valence-corrected chi connectivity index (χ1v) is 7.71. The molecular formula is C16H17P. The van der Waals surface area contributed by atoms with Crippen LogP contribution >= 0.6 is 7.53 Å². The second kappa shape index (κ2) is 4.20. The summed E-state index contributed by atoms with van der Waals surface area (Å²) in [6.45, 7) is 4.70. The van der Waals surface area contributed by atoms with Gasteiger partial charge in [-0.3, -0.25) is 0 Å². The minimum Gasteiger partial charge on any atom is -0.106 e. The molecular weight excluding hydrogens is 223 g/mol. The fraction of sp³-hybridized carbons (Fsp3) is 0.250. The summed E-state index contributed by atoms with van der Waals surface area (Å²) in [5, 5.41) is 6.10. The Morgan fingerprint density at radius 2 is 1.35 bits per heavy atom. The van der Waals surface area contributed by atoms with Gasteiger partial charge in [0.15, 0.2) is 0 Å². The van der Waals surface area contributed by atoms with Crippen molar-refractivity contribution in [1.82, 2.24) is 0 Å². The lowest BCUT2D eigenvalue weighted by Crippen LogP contribution is -1.76. The third-order valence-electron chi connectivity index (χ3n) is 3.65. The van der Waals surface area contributed by atoms with Crippen LogP contribution in [0.2, 0.25) is 0 Å². The van der Waals surface area contributed by atoms with Crippen molar-refractivity contribution in [2.45, 2.75) is 25.9 Å². The third kappa shape index (κ3) is 1.59. The van der Waals surface area contributed by atoms with Gasteiger partial charge in [-0.25, -0.2) is 0 Å². The fourth-order valence-electron chi connectivity index (χ4n) is 2.61. The highest BCUT2D eigenvalue weighted by Gasteiger charge is 2.14. The van der Waals surface area contributed by atoms with Crippen LogP contribution in [0.25, 0.3) is 21.0 Å². The van der Waals surface area contributed by atoms with Crippen LogP contribution in [0.15, 0.2) is 48.5 Å². The number of fused-ring (bicyclic) bond motifs is 3. The van der Waals surface area contributed by atoms with E-state index < -0.39 is 0 Å². The molecule has 0 N–H and O–H groups in total. The van der Waals surface area contributed by atoms with Gasteiger partial charge in [0, 0.05) is 10.2 Å². The Morgan fingerprint density at radius 3 is 1.82 bits per heavy atom. The first-order chi connectivity index (χ1) is 8.33. The first kappa shape index (κ1) is 10.9. The van der Waals surface area contributed by atoms with E-state index in [0.29, 0.717) is 0 Å². The van der Waals surface area contributed by atoms with Gasteiger partial charge in [-0.2, -0.15) is 0 Å². The number of benzene rings is 2. The van der Waals surface area contributed by atoms with Gasteiger partial charge in [0.1, 0.15) is 0 Å². The maximum absolute atomic E-state index is 2.39. The molecule has 1 unspecified atom stereocenters. The van der Waals surface area contributed by atoms with E-state index in [1.807, 2.05) is 0 Å². The molecule has 0 bridgehead atoms. The summed E-state index contributed by atoms with van der Waals surface area (Å²) in [6.07, 6.45) is 1.26. The van der Waals surface area contributed by atoms with Crippen LogP contribution in [0.4, 0.5) is 0 Å². The lowest BCUT2D eigenvalue weighted by Gasteiger charge is -2.10. The van der Waals surface area contributed by atoms with Gasteiger partial charge in [-0.05, 0) is 22.9 Å². The summed E-state index contributed by atoms with van der Waals surface area (Å²) < 4.78 is 0. The Balaban J connectivity index is 2.50. The van der Waals surface area contributed by atoms with E-state index in [9.17, 15) is 0 Å². The Bertz CT molecular complexity index is 610. The minimum absolute atomic E-state index is 0.138. The zero-order valence-corrected chi connectivity index (χ0v) is 11.2. The summed E-state index contributed by atoms with van der Waals surface area (Å²) in [7, 11) is -0.138. The molecule has 0 saturated carbocycles. The topological polar surface area (TPSA) is 0 Å². The van der Waals surface area contributed by atoms with E-state index in [4.69, 9.17) is 0 Å². The van der Waals surface area contributed by atoms with Crippen molar-refractivity contribution in [2.24, 2.45) is 0 Å². The highest BCUT2D eigenvalue weighted by atomic mass is 31.1. The quantitative estimate of drug-likeness (QED) is 0.519. The lowest BCUT2D eigenvalue weighted by molar-refractivity contribution is 0.849. The molecule has 17 heavy (non-hydrogen) atoms. The highest BCUT2D eigenvalue weighted by Crippen LogP contribution is 2.55. The maximum Gasteiger partial charge on any atom is 0.00264 e. The molecule has 1 heterocycles. The fourth-order valence-corrected chi connectivity index (χ4v) is 5.59. The predicted octanol–water partition coefficient (Wildman–Crippen LogP) is 5.95. The van der Waals surface area contributed by atoms with Crippen molar-refractivity contribution in [3.05, 3.63) is 48.5 Å². The molecule has 0 aliphatic rings. The molecule has 3 aromatic rings. The smallest absolute Gasteiger partial charge is 0.00264 e. The van der Waals surface area contributed by atoms with Crippen LogP contribution in [0.1, 0.15) is 25.9 Å². The molecule has 1 aromatic heterocycles. The molecule has 0 fully saturated rings. The molecule has 0 aliphatic heterocycles. The van der Waals surface area contributed by atoms with E-state index >= 15 is 0 Å². The van der Waals surface area contributed by atoms with Crippen LogP contribution in [0, 0.1) is 0 Å². The van der Waals surface area contributed by atoms with Crippen molar-refractivity contribution < 1.29 is 0 Å². The van der Waals surface area contributed by atoms with Crippen LogP contribution < -0.4 is 0 Å². The number of rotatable bonds is 2. The van der Waals surface area contributed by atoms with Crippen LogP contribution in [-0.2, 0) is 0 Å². The Hall–Kier alpha value is -1.26. The average molecular weight is 240 g/mol. The minimum atomic E-state index is -0.138. The van der Waals surface area contributed by atoms with Crippen molar-refractivity contribution in [3.8, 4) is 0 Å². The van der Waals surface area contributed by atoms with Crippen molar-refractivity contribution in [1.29, 1.82) is 0 Å². The Morgan fingerprint density at radius 1 is 0.882 bits per heavy atom. The van der Waals surface area contributed by atoms with Gasteiger partial charge >= 0.3 is 0 Å². The number of hydrogen-bond acceptors (Lipinski definition) is 0. The molecule has 0 amide bonds. The van der Waals surface area contributed by atoms with Crippen LogP contribution in [-0.4, -0.2) is 0 Å². The van der Waals surface area contributed by atoms with E-state index in [-0.39, 0.29) is 7.53 Å². The van der Waals surface area contributed by atoms with Crippen LogP contribution in [0.5, 0.6) is 0 Å². The van der Waals surface area contributed by atoms with Gasteiger partial charge in [-0.1, -0.05) is 62.4 Å². The van der Waals surface area contributed by atoms with Crippen LogP contribution in [0.3, 0.4) is 0 Å². The predicted molar refractivity (Wildman–Crippen MR) is 79.2 cm³/mol. The molecule has 0 nitrogen and oxygen atoms in total. The lowest BCUT2D eigenvalue weighted by atomic mass is 10.2. The zero-order chi connectivity index (χ0) is 11.8. The molecule has 0 aliphatic carbocycles. The van der Waals surface area contributed by atoms with E-state index in [2.05, 4.69) is 62.4 Å². The van der Waals surface area contributed by atoms with Gasteiger partial charge in [0.05, 0.1) is 0 Å². The summed E-state index contributed by atoms with van der Waals surface area (Å²) in [5.74, 6) is 0. The molecule has 1 atom stereocenters. The Labute approximate surface area is 103 Å². The SMILES string of the molecule is CCC(C)p1c2ccccc2c2ccccc21. The molecule has 0 radical (unpaired) electrons. The largest absolute Gasteiger partial charge is 0.106 e. The normalized spacial score (nSPS) is 13.3. The molecule has 0 saturated heterocycles. The first-order valence-electron chi connectivity index (χ1n) is 6.30. The second-order valence-corrected chi connectivity index (χ2v) is 7.25. The Kier molecular flexibility index (Phi) is 2.68. The van der Waals surface area contributed by atoms with Crippen molar-refractivity contribution in [2.75, 3.05) is 0 Å². The van der Waals surface area contributed by atoms with Gasteiger partial charge in [0.25, 0.3) is 0 Å². The van der Waals surface area contributed by atoms with Gasteiger partial charge < -0.3 is 0 Å². The maximum atomic E-state index is 2.39.